The molecule has 17 heavy (non-hydrogen) atoms. The summed E-state index contributed by atoms with van der Waals surface area (Å²) in [6, 6.07) is 0. The molecule has 1 rings (SSSR count). The van der Waals surface area contributed by atoms with Gasteiger partial charge < -0.3 is 9.57 Å². The van der Waals surface area contributed by atoms with Gasteiger partial charge in [0, 0.05) is 7.05 Å². The van der Waals surface area contributed by atoms with Gasteiger partial charge in [-0.1, -0.05) is 0 Å². The van der Waals surface area contributed by atoms with Gasteiger partial charge in [0.15, 0.2) is 5.75 Å². The Morgan fingerprint density at radius 3 is 2.59 bits per heavy atom. The largest absolute Gasteiger partial charge is 0.493 e. The van der Waals surface area contributed by atoms with Gasteiger partial charge in [-0.2, -0.15) is 18.3 Å². The van der Waals surface area contributed by atoms with Crippen molar-refractivity contribution < 1.29 is 32.3 Å². The third-order valence-electron chi connectivity index (χ3n) is 1.35. The molecule has 10 heteroatoms. The van der Waals surface area contributed by atoms with Gasteiger partial charge in [-0.3, -0.25) is 4.68 Å². The van der Waals surface area contributed by atoms with Crippen molar-refractivity contribution in [1.82, 2.24) is 15.3 Å². The van der Waals surface area contributed by atoms with Crippen LogP contribution in [0.3, 0.4) is 0 Å². The summed E-state index contributed by atoms with van der Waals surface area (Å²) in [5.74, 6) is -2.58. The van der Waals surface area contributed by atoms with Gasteiger partial charge in [-0.25, -0.2) is 9.59 Å². The summed E-state index contributed by atoms with van der Waals surface area (Å²) in [5, 5.41) is 3.63. The van der Waals surface area contributed by atoms with E-state index in [9.17, 15) is 22.8 Å². The van der Waals surface area contributed by atoms with Gasteiger partial charge in [0.05, 0.1) is 12.4 Å². The Morgan fingerprint density at radius 1 is 1.47 bits per heavy atom. The van der Waals surface area contributed by atoms with E-state index in [0.717, 1.165) is 6.20 Å². The summed E-state index contributed by atoms with van der Waals surface area (Å²) in [4.78, 5) is 24.5. The fourth-order valence-corrected chi connectivity index (χ4v) is 0.725. The van der Waals surface area contributed by atoms with E-state index in [4.69, 9.17) is 0 Å². The van der Waals surface area contributed by atoms with Crippen molar-refractivity contribution in [3.63, 3.8) is 0 Å². The molecule has 94 valence electrons. The van der Waals surface area contributed by atoms with Crippen molar-refractivity contribution in [2.75, 3.05) is 0 Å². The summed E-state index contributed by atoms with van der Waals surface area (Å²) >= 11 is 0. The second kappa shape index (κ2) is 4.72. The van der Waals surface area contributed by atoms with Gasteiger partial charge in [0.2, 0.25) is 0 Å². The number of nitrogens with one attached hydrogen (secondary N) is 1. The molecule has 0 radical (unpaired) electrons. The van der Waals surface area contributed by atoms with Gasteiger partial charge in [-0.15, -0.1) is 5.48 Å². The third-order valence-corrected chi connectivity index (χ3v) is 1.35. The van der Waals surface area contributed by atoms with Crippen molar-refractivity contribution >= 4 is 12.1 Å². The number of halogens is 3. The Morgan fingerprint density at radius 2 is 2.12 bits per heavy atom. The van der Waals surface area contributed by atoms with E-state index in [1.807, 2.05) is 0 Å². The SMILES string of the molecule is Cn1cc(OC(=O)NOC(=O)C(F)(F)F)cn1. The first kappa shape index (κ1) is 12.8. The number of amides is 1. The van der Waals surface area contributed by atoms with Crippen LogP contribution in [0, 0.1) is 0 Å². The number of rotatable bonds is 1. The van der Waals surface area contributed by atoms with Crippen molar-refractivity contribution in [2.45, 2.75) is 6.18 Å². The summed E-state index contributed by atoms with van der Waals surface area (Å²) in [6.45, 7) is 0. The van der Waals surface area contributed by atoms with E-state index in [-0.39, 0.29) is 5.75 Å². The molecule has 0 aliphatic carbocycles. The van der Waals surface area contributed by atoms with Gasteiger partial charge in [-0.05, 0) is 0 Å². The molecule has 1 aromatic rings. The minimum Gasteiger partial charge on any atom is -0.405 e. The number of aromatic nitrogens is 2. The normalized spacial score (nSPS) is 10.8. The molecule has 0 aromatic carbocycles. The molecule has 0 spiro atoms. The van der Waals surface area contributed by atoms with Crippen molar-refractivity contribution in [3.05, 3.63) is 12.4 Å². The lowest BCUT2D eigenvalue weighted by Gasteiger charge is -2.06. The molecule has 0 saturated carbocycles. The molecule has 7 nitrogen and oxygen atoms in total. The molecule has 1 aromatic heterocycles. The highest BCUT2D eigenvalue weighted by Gasteiger charge is 2.42. The van der Waals surface area contributed by atoms with Crippen molar-refractivity contribution in [1.29, 1.82) is 0 Å². The van der Waals surface area contributed by atoms with Crippen LogP contribution in [0.2, 0.25) is 0 Å². The molecule has 0 fully saturated rings. The predicted molar refractivity (Wildman–Crippen MR) is 44.5 cm³/mol. The molecule has 0 bridgehead atoms. The molecule has 0 unspecified atom stereocenters. The fraction of sp³-hybridized carbons (Fsp3) is 0.286. The summed E-state index contributed by atoms with van der Waals surface area (Å²) < 4.78 is 40.7. The Hall–Kier alpha value is -2.26. The van der Waals surface area contributed by atoms with Crippen LogP contribution < -0.4 is 10.2 Å². The van der Waals surface area contributed by atoms with Crippen molar-refractivity contribution in [3.8, 4) is 5.75 Å². The molecule has 0 aliphatic rings. The predicted octanol–water partition coefficient (Wildman–Crippen LogP) is 0.529. The number of carbonyl (C=O) groups is 2. The highest BCUT2D eigenvalue weighted by Crippen LogP contribution is 2.15. The zero-order chi connectivity index (χ0) is 13.1. The van der Waals surface area contributed by atoms with Gasteiger partial charge >= 0.3 is 18.2 Å². The number of carbonyl (C=O) groups excluding carboxylic acids is 2. The lowest BCUT2D eigenvalue weighted by molar-refractivity contribution is -0.205. The van der Waals surface area contributed by atoms with E-state index in [1.165, 1.54) is 23.4 Å². The Bertz CT molecular complexity index is 428. The monoisotopic (exact) mass is 253 g/mol. The lowest BCUT2D eigenvalue weighted by Crippen LogP contribution is -2.35. The van der Waals surface area contributed by atoms with Crippen molar-refractivity contribution in [2.24, 2.45) is 7.05 Å². The highest BCUT2D eigenvalue weighted by atomic mass is 19.4. The molecule has 1 heterocycles. The quantitative estimate of drug-likeness (QED) is 0.738. The average molecular weight is 253 g/mol. The maximum Gasteiger partial charge on any atom is 0.493 e. The van der Waals surface area contributed by atoms with E-state index >= 15 is 0 Å². The van der Waals surface area contributed by atoms with Gasteiger partial charge in [0.25, 0.3) is 0 Å². The second-order valence-electron chi connectivity index (χ2n) is 2.73. The maximum atomic E-state index is 11.6. The number of ether oxygens (including phenoxy) is 1. The zero-order valence-corrected chi connectivity index (χ0v) is 8.32. The third kappa shape index (κ3) is 4.01. The summed E-state index contributed by atoms with van der Waals surface area (Å²) in [7, 11) is 1.54. The van der Waals surface area contributed by atoms with Crippen LogP contribution in [0.4, 0.5) is 18.0 Å². The number of nitrogens with zero attached hydrogens (tertiary/aromatic N) is 2. The minimum absolute atomic E-state index is 0.0203. The van der Waals surface area contributed by atoms with E-state index in [2.05, 4.69) is 14.7 Å². The van der Waals surface area contributed by atoms with Crippen LogP contribution in [-0.4, -0.2) is 28.0 Å². The first-order chi connectivity index (χ1) is 7.79. The first-order valence-corrected chi connectivity index (χ1v) is 4.03. The number of hydroxylamine groups is 1. The van der Waals surface area contributed by atoms with Gasteiger partial charge in [0.1, 0.15) is 0 Å². The molecule has 0 atom stereocenters. The number of alkyl halides is 3. The summed E-state index contributed by atoms with van der Waals surface area (Å²) in [5.41, 5.74) is 1.18. The Labute approximate surface area is 92.0 Å². The van der Waals surface area contributed by atoms with Crippen LogP contribution in [0.15, 0.2) is 12.4 Å². The highest BCUT2D eigenvalue weighted by molar-refractivity contribution is 5.78. The number of hydrogen-bond donors (Lipinski definition) is 1. The maximum absolute atomic E-state index is 11.6. The topological polar surface area (TPSA) is 82.5 Å². The summed E-state index contributed by atoms with van der Waals surface area (Å²) in [6.07, 6.45) is -4.15. The lowest BCUT2D eigenvalue weighted by atomic mass is 10.6. The average Bonchev–Trinajstić information content (AvgIpc) is 2.58. The molecule has 0 saturated heterocycles. The number of aryl methyl sites for hydroxylation is 1. The van der Waals surface area contributed by atoms with E-state index in [1.54, 1.807) is 0 Å². The number of hydrogen-bond acceptors (Lipinski definition) is 5. The van der Waals surface area contributed by atoms with E-state index < -0.39 is 18.2 Å². The van der Waals surface area contributed by atoms with Crippen LogP contribution in [0.5, 0.6) is 5.75 Å². The van der Waals surface area contributed by atoms with E-state index in [0.29, 0.717) is 0 Å². The Kier molecular flexibility index (Phi) is 3.55. The minimum atomic E-state index is -5.19. The Balaban J connectivity index is 2.39. The first-order valence-electron chi connectivity index (χ1n) is 4.03. The molecular weight excluding hydrogens is 247 g/mol. The standard InChI is InChI=1S/C7H6F3N3O4/c1-13-3-4(2-11-13)16-6(15)12-17-5(14)7(8,9)10/h2-3H,1H3,(H,12,15). The molecule has 1 N–H and O–H groups in total. The van der Waals surface area contributed by atoms with Crippen LogP contribution >= 0.6 is 0 Å². The molecular formula is C7H6F3N3O4. The fourth-order valence-electron chi connectivity index (χ4n) is 0.725. The zero-order valence-electron chi connectivity index (χ0n) is 8.32. The van der Waals surface area contributed by atoms with Crippen LogP contribution in [0.1, 0.15) is 0 Å². The molecule has 1 amide bonds. The van der Waals surface area contributed by atoms with Crippen LogP contribution in [0.25, 0.3) is 0 Å². The van der Waals surface area contributed by atoms with Crippen LogP contribution in [-0.2, 0) is 16.7 Å². The second-order valence-corrected chi connectivity index (χ2v) is 2.73. The molecule has 0 aliphatic heterocycles. The smallest absolute Gasteiger partial charge is 0.405 e.